The van der Waals surface area contributed by atoms with Gasteiger partial charge in [0.2, 0.25) is 0 Å². The predicted octanol–water partition coefficient (Wildman–Crippen LogP) is 3.81. The number of hydrogen-bond donors (Lipinski definition) is 1. The molecule has 0 aliphatic heterocycles. The van der Waals surface area contributed by atoms with Crippen molar-refractivity contribution >= 4 is 20.7 Å². The molecule has 0 bridgehead atoms. The van der Waals surface area contributed by atoms with Crippen LogP contribution in [0.5, 0.6) is 0 Å². The van der Waals surface area contributed by atoms with E-state index in [1.54, 1.807) is 0 Å². The summed E-state index contributed by atoms with van der Waals surface area (Å²) in [5.74, 6) is 6.13. The fraction of sp³-hybridized carbons (Fsp3) is 0.500. The maximum absolute atomic E-state index is 6.06. The quantitative estimate of drug-likeness (QED) is 0.680. The van der Waals surface area contributed by atoms with Crippen LogP contribution in [-0.2, 0) is 4.43 Å². The Kier molecular flexibility index (Phi) is 7.54. The molecule has 0 unspecified atom stereocenters. The molecule has 0 heterocycles. The third-order valence-electron chi connectivity index (χ3n) is 3.61. The van der Waals surface area contributed by atoms with Gasteiger partial charge < -0.3 is 10.2 Å². The molecule has 2 N–H and O–H groups in total. The fourth-order valence-electron chi connectivity index (χ4n) is 1.25. The molecule has 1 aromatic rings. The fourth-order valence-corrected chi connectivity index (χ4v) is 2.28. The van der Waals surface area contributed by atoms with Gasteiger partial charge in [-0.1, -0.05) is 50.8 Å². The first-order valence-corrected chi connectivity index (χ1v) is 9.59. The number of benzene rings is 1. The van der Waals surface area contributed by atoms with Crippen LogP contribution in [0.25, 0.3) is 0 Å². The summed E-state index contributed by atoms with van der Waals surface area (Å²) in [5, 5.41) is 0.208. The summed E-state index contributed by atoms with van der Waals surface area (Å²) < 4.78 is 6.06. The van der Waals surface area contributed by atoms with Crippen LogP contribution in [-0.4, -0.2) is 21.0 Å². The van der Waals surface area contributed by atoms with Crippen LogP contribution < -0.4 is 5.73 Å². The van der Waals surface area contributed by atoms with E-state index in [2.05, 4.69) is 45.7 Å². The Morgan fingerprint density at radius 2 is 1.75 bits per heavy atom. The lowest BCUT2D eigenvalue weighted by atomic mass is 10.2. The van der Waals surface area contributed by atoms with E-state index in [0.717, 1.165) is 5.56 Å². The Labute approximate surface area is 130 Å². The minimum absolute atomic E-state index is 0. The number of hydrogen-bond acceptors (Lipinski definition) is 2. The first-order valence-electron chi connectivity index (χ1n) is 6.68. The molecular formula is C16H26ClNOSi. The van der Waals surface area contributed by atoms with Crippen molar-refractivity contribution in [3.63, 3.8) is 0 Å². The second kappa shape index (κ2) is 7.85. The summed E-state index contributed by atoms with van der Waals surface area (Å²) in [4.78, 5) is 0. The highest BCUT2D eigenvalue weighted by Gasteiger charge is 2.37. The number of rotatable bonds is 3. The van der Waals surface area contributed by atoms with Crippen LogP contribution in [0.3, 0.4) is 0 Å². The normalized spacial score (nSPS) is 12.9. The standard InChI is InChI=1S/C16H25NOSi.ClH/c1-16(2,3)19(4,5)18-13-15(17)12-11-14-9-7-6-8-10-14;/h6-10,15H,13,17H2,1-5H3;1H/t15-;/m1./s1. The molecule has 0 aromatic heterocycles. The highest BCUT2D eigenvalue weighted by molar-refractivity contribution is 6.74. The first-order chi connectivity index (χ1) is 8.72. The molecule has 0 saturated heterocycles. The van der Waals surface area contributed by atoms with E-state index in [4.69, 9.17) is 10.2 Å². The van der Waals surface area contributed by atoms with Gasteiger partial charge in [-0.25, -0.2) is 0 Å². The maximum atomic E-state index is 6.06. The molecule has 0 spiro atoms. The van der Waals surface area contributed by atoms with E-state index >= 15 is 0 Å². The molecule has 1 rings (SSSR count). The van der Waals surface area contributed by atoms with Crippen LogP contribution in [0.2, 0.25) is 18.1 Å². The zero-order chi connectivity index (χ0) is 14.5. The molecule has 20 heavy (non-hydrogen) atoms. The first kappa shape index (κ1) is 19.2. The predicted molar refractivity (Wildman–Crippen MR) is 91.7 cm³/mol. The summed E-state index contributed by atoms with van der Waals surface area (Å²) in [5.41, 5.74) is 6.99. The van der Waals surface area contributed by atoms with E-state index < -0.39 is 8.32 Å². The summed E-state index contributed by atoms with van der Waals surface area (Å²) >= 11 is 0. The Balaban J connectivity index is 0.00000361. The van der Waals surface area contributed by atoms with Crippen molar-refractivity contribution in [3.8, 4) is 11.8 Å². The lowest BCUT2D eigenvalue weighted by Gasteiger charge is -2.36. The van der Waals surface area contributed by atoms with Gasteiger partial charge in [-0.15, -0.1) is 12.4 Å². The van der Waals surface area contributed by atoms with Crippen molar-refractivity contribution in [2.24, 2.45) is 5.73 Å². The Bertz CT molecular complexity index is 457. The van der Waals surface area contributed by atoms with Gasteiger partial charge >= 0.3 is 0 Å². The minimum Gasteiger partial charge on any atom is -0.414 e. The van der Waals surface area contributed by atoms with Gasteiger partial charge in [-0.3, -0.25) is 0 Å². The van der Waals surface area contributed by atoms with Gasteiger partial charge in [0.25, 0.3) is 0 Å². The molecular weight excluding hydrogens is 286 g/mol. The van der Waals surface area contributed by atoms with Crippen LogP contribution in [0.1, 0.15) is 26.3 Å². The second-order valence-corrected chi connectivity index (χ2v) is 11.1. The van der Waals surface area contributed by atoms with Crippen molar-refractivity contribution in [1.82, 2.24) is 0 Å². The van der Waals surface area contributed by atoms with Crippen LogP contribution in [0, 0.1) is 11.8 Å². The van der Waals surface area contributed by atoms with Gasteiger partial charge in [0.15, 0.2) is 8.32 Å². The molecule has 0 aliphatic rings. The van der Waals surface area contributed by atoms with Crippen molar-refractivity contribution in [2.75, 3.05) is 6.61 Å². The Morgan fingerprint density at radius 3 is 2.25 bits per heavy atom. The summed E-state index contributed by atoms with van der Waals surface area (Å²) in [6.45, 7) is 11.6. The smallest absolute Gasteiger partial charge is 0.192 e. The Hall–Kier alpha value is -0.793. The lowest BCUT2D eigenvalue weighted by molar-refractivity contribution is 0.281. The molecule has 0 radical (unpaired) electrons. The number of halogens is 1. The largest absolute Gasteiger partial charge is 0.414 e. The number of nitrogens with two attached hydrogens (primary N) is 1. The highest BCUT2D eigenvalue weighted by Crippen LogP contribution is 2.36. The van der Waals surface area contributed by atoms with Gasteiger partial charge in [0.1, 0.15) is 0 Å². The molecule has 0 aliphatic carbocycles. The van der Waals surface area contributed by atoms with Crippen molar-refractivity contribution in [1.29, 1.82) is 0 Å². The molecule has 2 nitrogen and oxygen atoms in total. The summed E-state index contributed by atoms with van der Waals surface area (Å²) in [7, 11) is -1.72. The monoisotopic (exact) mass is 311 g/mol. The third kappa shape index (κ3) is 6.11. The third-order valence-corrected chi connectivity index (χ3v) is 8.11. The van der Waals surface area contributed by atoms with E-state index in [9.17, 15) is 0 Å². The van der Waals surface area contributed by atoms with E-state index in [-0.39, 0.29) is 23.5 Å². The molecule has 112 valence electrons. The van der Waals surface area contributed by atoms with Gasteiger partial charge in [0, 0.05) is 5.56 Å². The van der Waals surface area contributed by atoms with Crippen molar-refractivity contribution in [2.45, 2.75) is 44.9 Å². The average molecular weight is 312 g/mol. The van der Waals surface area contributed by atoms with Crippen molar-refractivity contribution in [3.05, 3.63) is 35.9 Å². The van der Waals surface area contributed by atoms with Crippen LogP contribution in [0.4, 0.5) is 0 Å². The molecule has 1 atom stereocenters. The van der Waals surface area contributed by atoms with Crippen LogP contribution in [0.15, 0.2) is 30.3 Å². The van der Waals surface area contributed by atoms with E-state index in [1.165, 1.54) is 0 Å². The zero-order valence-electron chi connectivity index (χ0n) is 13.1. The lowest BCUT2D eigenvalue weighted by Crippen LogP contribution is -2.43. The molecule has 0 saturated carbocycles. The van der Waals surface area contributed by atoms with Gasteiger partial charge in [-0.05, 0) is 30.3 Å². The summed E-state index contributed by atoms with van der Waals surface area (Å²) in [6.07, 6.45) is 0. The van der Waals surface area contributed by atoms with E-state index in [1.807, 2.05) is 30.3 Å². The topological polar surface area (TPSA) is 35.2 Å². The highest BCUT2D eigenvalue weighted by atomic mass is 35.5. The molecule has 4 heteroatoms. The Morgan fingerprint density at radius 1 is 1.20 bits per heavy atom. The second-order valence-electron chi connectivity index (χ2n) is 6.31. The molecule has 0 amide bonds. The van der Waals surface area contributed by atoms with Gasteiger partial charge in [0.05, 0.1) is 12.6 Å². The SMILES string of the molecule is CC(C)(C)[Si](C)(C)OC[C@H](N)C#Cc1ccccc1.Cl. The molecule has 0 fully saturated rings. The summed E-state index contributed by atoms with van der Waals surface area (Å²) in [6, 6.07) is 9.66. The zero-order valence-corrected chi connectivity index (χ0v) is 14.9. The minimum atomic E-state index is -1.72. The van der Waals surface area contributed by atoms with Gasteiger partial charge in [-0.2, -0.15) is 0 Å². The van der Waals surface area contributed by atoms with Crippen LogP contribution >= 0.6 is 12.4 Å². The maximum Gasteiger partial charge on any atom is 0.192 e. The molecule has 1 aromatic carbocycles. The van der Waals surface area contributed by atoms with Crippen molar-refractivity contribution < 1.29 is 4.43 Å². The average Bonchev–Trinajstić information content (AvgIpc) is 2.34. The van der Waals surface area contributed by atoms with E-state index in [0.29, 0.717) is 6.61 Å².